The first kappa shape index (κ1) is 17.2. The fourth-order valence-electron chi connectivity index (χ4n) is 3.24. The highest BCUT2D eigenvalue weighted by Crippen LogP contribution is 2.20. The number of carbonyl (C=O) groups excluding carboxylic acids is 3. The van der Waals surface area contributed by atoms with E-state index < -0.39 is 0 Å². The van der Waals surface area contributed by atoms with Crippen LogP contribution < -0.4 is 10.9 Å². The number of hydrogen-bond donors (Lipinski definition) is 2. The minimum Gasteiger partial charge on any atom is -0.325 e. The van der Waals surface area contributed by atoms with Crippen LogP contribution in [0.3, 0.4) is 0 Å². The molecule has 134 valence electrons. The van der Waals surface area contributed by atoms with Crippen LogP contribution in [0.15, 0.2) is 24.5 Å². The summed E-state index contributed by atoms with van der Waals surface area (Å²) in [7, 11) is 0. The highest BCUT2D eigenvalue weighted by Gasteiger charge is 2.30. The second-order valence-corrected chi connectivity index (χ2v) is 6.42. The van der Waals surface area contributed by atoms with Crippen LogP contribution >= 0.6 is 0 Å². The van der Waals surface area contributed by atoms with Gasteiger partial charge in [-0.1, -0.05) is 0 Å². The van der Waals surface area contributed by atoms with Gasteiger partial charge in [0.1, 0.15) is 0 Å². The van der Waals surface area contributed by atoms with E-state index >= 15 is 0 Å². The van der Waals surface area contributed by atoms with Gasteiger partial charge in [0, 0.05) is 50.1 Å². The van der Waals surface area contributed by atoms with Gasteiger partial charge in [-0.3, -0.25) is 25.4 Å². The van der Waals surface area contributed by atoms with Crippen LogP contribution in [0.4, 0.5) is 4.79 Å². The average molecular weight is 345 g/mol. The summed E-state index contributed by atoms with van der Waals surface area (Å²) in [6, 6.07) is 3.23. The van der Waals surface area contributed by atoms with E-state index in [-0.39, 0.29) is 23.8 Å². The Bertz CT molecular complexity index is 622. The molecule has 2 aliphatic heterocycles. The molecule has 0 aromatic carbocycles. The van der Waals surface area contributed by atoms with Crippen LogP contribution in [0.5, 0.6) is 0 Å². The molecule has 8 heteroatoms. The molecule has 2 saturated heterocycles. The second-order valence-electron chi connectivity index (χ2n) is 6.42. The lowest BCUT2D eigenvalue weighted by atomic mass is 9.96. The molecule has 1 aromatic rings. The van der Waals surface area contributed by atoms with Crippen LogP contribution in [0.25, 0.3) is 0 Å². The number of aromatic nitrogens is 1. The highest BCUT2D eigenvalue weighted by atomic mass is 16.2. The van der Waals surface area contributed by atoms with Crippen molar-refractivity contribution in [1.29, 1.82) is 0 Å². The number of nitrogens with zero attached hydrogens (tertiary/aromatic N) is 3. The van der Waals surface area contributed by atoms with E-state index in [4.69, 9.17) is 0 Å². The van der Waals surface area contributed by atoms with Crippen molar-refractivity contribution < 1.29 is 14.4 Å². The van der Waals surface area contributed by atoms with Gasteiger partial charge in [-0.15, -0.1) is 0 Å². The molecule has 2 N–H and O–H groups in total. The zero-order chi connectivity index (χ0) is 17.6. The minimum absolute atomic E-state index is 0.0855. The maximum atomic E-state index is 12.3. The number of rotatable bonds is 2. The Hall–Kier alpha value is -2.64. The number of piperidine rings is 1. The third kappa shape index (κ3) is 4.26. The monoisotopic (exact) mass is 345 g/mol. The average Bonchev–Trinajstić information content (AvgIpc) is 3.21. The van der Waals surface area contributed by atoms with Crippen LogP contribution in [-0.4, -0.2) is 58.8 Å². The molecule has 25 heavy (non-hydrogen) atoms. The summed E-state index contributed by atoms with van der Waals surface area (Å²) in [5, 5.41) is 0. The summed E-state index contributed by atoms with van der Waals surface area (Å²) < 4.78 is 0. The Labute approximate surface area is 146 Å². The van der Waals surface area contributed by atoms with Gasteiger partial charge in [0.15, 0.2) is 0 Å². The third-order valence-electron chi connectivity index (χ3n) is 4.75. The van der Waals surface area contributed by atoms with Gasteiger partial charge in [-0.05, 0) is 37.8 Å². The van der Waals surface area contributed by atoms with E-state index in [1.165, 1.54) is 12.4 Å². The number of hydrogen-bond acceptors (Lipinski definition) is 4. The lowest BCUT2D eigenvalue weighted by Crippen LogP contribution is -2.50. The molecule has 0 atom stereocenters. The number of nitrogens with one attached hydrogen (secondary N) is 2. The fourth-order valence-corrected chi connectivity index (χ4v) is 3.24. The molecule has 0 unspecified atom stereocenters. The van der Waals surface area contributed by atoms with Gasteiger partial charge in [-0.2, -0.15) is 0 Å². The molecule has 0 bridgehead atoms. The molecule has 4 amide bonds. The summed E-state index contributed by atoms with van der Waals surface area (Å²) >= 11 is 0. The SMILES string of the molecule is O=C(NNC(=O)C1CCN(C(=O)N2CCCC2)CC1)c1ccncc1. The summed E-state index contributed by atoms with van der Waals surface area (Å²) in [5.41, 5.74) is 5.33. The lowest BCUT2D eigenvalue weighted by molar-refractivity contribution is -0.127. The van der Waals surface area contributed by atoms with Gasteiger partial charge in [0.05, 0.1) is 0 Å². The Balaban J connectivity index is 1.42. The molecule has 0 radical (unpaired) electrons. The first-order valence-electron chi connectivity index (χ1n) is 8.69. The molecule has 0 saturated carbocycles. The van der Waals surface area contributed by atoms with Crippen molar-refractivity contribution in [3.8, 4) is 0 Å². The van der Waals surface area contributed by atoms with E-state index in [1.807, 2.05) is 9.80 Å². The molecule has 8 nitrogen and oxygen atoms in total. The molecular formula is C17H23N5O3. The molecule has 2 aliphatic rings. The normalized spacial score (nSPS) is 18.1. The summed E-state index contributed by atoms with van der Waals surface area (Å²) in [5.74, 6) is -0.784. The molecule has 2 fully saturated rings. The zero-order valence-corrected chi connectivity index (χ0v) is 14.1. The quantitative estimate of drug-likeness (QED) is 0.774. The first-order chi connectivity index (χ1) is 12.1. The molecule has 1 aromatic heterocycles. The van der Waals surface area contributed by atoms with E-state index in [0.717, 1.165) is 25.9 Å². The first-order valence-corrected chi connectivity index (χ1v) is 8.69. The van der Waals surface area contributed by atoms with Crippen LogP contribution in [-0.2, 0) is 4.79 Å². The number of likely N-dealkylation sites (tertiary alicyclic amines) is 2. The van der Waals surface area contributed by atoms with Gasteiger partial charge in [0.25, 0.3) is 5.91 Å². The van der Waals surface area contributed by atoms with E-state index in [2.05, 4.69) is 15.8 Å². The van der Waals surface area contributed by atoms with Crippen molar-refractivity contribution in [2.45, 2.75) is 25.7 Å². The van der Waals surface area contributed by atoms with Crippen LogP contribution in [0.1, 0.15) is 36.0 Å². The van der Waals surface area contributed by atoms with E-state index in [1.54, 1.807) is 12.1 Å². The zero-order valence-electron chi connectivity index (χ0n) is 14.1. The van der Waals surface area contributed by atoms with Crippen molar-refractivity contribution in [3.63, 3.8) is 0 Å². The predicted octanol–water partition coefficient (Wildman–Crippen LogP) is 0.770. The van der Waals surface area contributed by atoms with Gasteiger partial charge < -0.3 is 9.80 Å². The topological polar surface area (TPSA) is 94.6 Å². The number of urea groups is 1. The Kier molecular flexibility index (Phi) is 5.47. The fraction of sp³-hybridized carbons (Fsp3) is 0.529. The van der Waals surface area contributed by atoms with Crippen molar-refractivity contribution in [3.05, 3.63) is 30.1 Å². The summed E-state index contributed by atoms with van der Waals surface area (Å²) in [6.45, 7) is 2.82. The molecule has 3 heterocycles. The molecule has 0 aliphatic carbocycles. The largest absolute Gasteiger partial charge is 0.325 e. The standard InChI is InChI=1S/C17H23N5O3/c23-15(13-3-7-18-8-4-13)19-20-16(24)14-5-11-22(12-6-14)17(25)21-9-1-2-10-21/h3-4,7-8,14H,1-2,5-6,9-12H2,(H,19,23)(H,20,24). The maximum absolute atomic E-state index is 12.3. The predicted molar refractivity (Wildman–Crippen MR) is 90.3 cm³/mol. The minimum atomic E-state index is -0.377. The van der Waals surface area contributed by atoms with Gasteiger partial charge in [0.2, 0.25) is 5.91 Å². The number of carbonyl (C=O) groups is 3. The lowest BCUT2D eigenvalue weighted by Gasteiger charge is -2.33. The molecule has 3 rings (SSSR count). The van der Waals surface area contributed by atoms with Gasteiger partial charge in [-0.25, -0.2) is 4.79 Å². The molecule has 0 spiro atoms. The Morgan fingerprint density at radius 2 is 1.52 bits per heavy atom. The number of hydrazine groups is 1. The smallest absolute Gasteiger partial charge is 0.319 e. The summed E-state index contributed by atoms with van der Waals surface area (Å²) in [6.07, 6.45) is 6.39. The van der Waals surface area contributed by atoms with E-state index in [0.29, 0.717) is 31.5 Å². The Morgan fingerprint density at radius 1 is 0.920 bits per heavy atom. The maximum Gasteiger partial charge on any atom is 0.319 e. The second kappa shape index (κ2) is 7.96. The van der Waals surface area contributed by atoms with Crippen molar-refractivity contribution >= 4 is 17.8 Å². The van der Waals surface area contributed by atoms with Crippen molar-refractivity contribution in [1.82, 2.24) is 25.6 Å². The summed E-state index contributed by atoms with van der Waals surface area (Å²) in [4.78, 5) is 44.0. The highest BCUT2D eigenvalue weighted by molar-refractivity contribution is 5.95. The van der Waals surface area contributed by atoms with Crippen LogP contribution in [0, 0.1) is 5.92 Å². The van der Waals surface area contributed by atoms with E-state index in [9.17, 15) is 14.4 Å². The van der Waals surface area contributed by atoms with Crippen LogP contribution in [0.2, 0.25) is 0 Å². The van der Waals surface area contributed by atoms with Gasteiger partial charge >= 0.3 is 6.03 Å². The Morgan fingerprint density at radius 3 is 2.16 bits per heavy atom. The molecular weight excluding hydrogens is 322 g/mol. The van der Waals surface area contributed by atoms with Crippen molar-refractivity contribution in [2.75, 3.05) is 26.2 Å². The van der Waals surface area contributed by atoms with Crippen molar-refractivity contribution in [2.24, 2.45) is 5.92 Å². The third-order valence-corrected chi connectivity index (χ3v) is 4.75. The number of pyridine rings is 1. The number of amides is 4.